The van der Waals surface area contributed by atoms with Crippen LogP contribution < -0.4 is 15.0 Å². The standard InChI is InChI=1S/C13H22N4O2/c1-4-14-12-11(18-3)13(16-9-15-12)17-6-5-7-19-10(2)8-17/h9-10H,4-8H2,1-3H3,(H,14,15,16). The second-order valence-electron chi connectivity index (χ2n) is 4.59. The van der Waals surface area contributed by atoms with E-state index in [0.29, 0.717) is 5.75 Å². The number of nitrogens with zero attached hydrogens (tertiary/aromatic N) is 3. The Bertz CT molecular complexity index is 414. The van der Waals surface area contributed by atoms with Gasteiger partial charge in [-0.3, -0.25) is 0 Å². The SMILES string of the molecule is CCNc1ncnc(N2CCCOC(C)C2)c1OC. The first-order valence-electron chi connectivity index (χ1n) is 6.75. The minimum Gasteiger partial charge on any atom is -0.490 e. The minimum atomic E-state index is 0.199. The molecular formula is C13H22N4O2. The zero-order valence-electron chi connectivity index (χ0n) is 11.8. The number of ether oxygens (including phenoxy) is 2. The van der Waals surface area contributed by atoms with Gasteiger partial charge in [-0.15, -0.1) is 0 Å². The van der Waals surface area contributed by atoms with Gasteiger partial charge in [0.15, 0.2) is 11.6 Å². The van der Waals surface area contributed by atoms with E-state index in [2.05, 4.69) is 27.1 Å². The summed E-state index contributed by atoms with van der Waals surface area (Å²) in [6.07, 6.45) is 2.77. The fourth-order valence-corrected chi connectivity index (χ4v) is 2.26. The molecule has 0 spiro atoms. The lowest BCUT2D eigenvalue weighted by Crippen LogP contribution is -2.31. The maximum atomic E-state index is 5.66. The normalized spacial score (nSPS) is 19.9. The van der Waals surface area contributed by atoms with E-state index in [1.54, 1.807) is 13.4 Å². The van der Waals surface area contributed by atoms with Crippen molar-refractivity contribution in [3.05, 3.63) is 6.33 Å². The van der Waals surface area contributed by atoms with Gasteiger partial charge in [-0.1, -0.05) is 0 Å². The van der Waals surface area contributed by atoms with Crippen LogP contribution in [0.1, 0.15) is 20.3 Å². The van der Waals surface area contributed by atoms with Crippen molar-refractivity contribution >= 4 is 11.6 Å². The van der Waals surface area contributed by atoms with Gasteiger partial charge in [0.1, 0.15) is 6.33 Å². The molecule has 1 unspecified atom stereocenters. The Balaban J connectivity index is 2.29. The van der Waals surface area contributed by atoms with Crippen molar-refractivity contribution in [3.8, 4) is 5.75 Å². The number of methoxy groups -OCH3 is 1. The molecule has 106 valence electrons. The van der Waals surface area contributed by atoms with E-state index in [0.717, 1.165) is 44.3 Å². The van der Waals surface area contributed by atoms with Gasteiger partial charge < -0.3 is 19.7 Å². The Morgan fingerprint density at radius 2 is 2.37 bits per heavy atom. The second kappa shape index (κ2) is 6.56. The largest absolute Gasteiger partial charge is 0.490 e. The van der Waals surface area contributed by atoms with Crippen molar-refractivity contribution in [1.82, 2.24) is 9.97 Å². The summed E-state index contributed by atoms with van der Waals surface area (Å²) in [7, 11) is 1.65. The predicted molar refractivity (Wildman–Crippen MR) is 75.0 cm³/mol. The van der Waals surface area contributed by atoms with Gasteiger partial charge in [-0.05, 0) is 20.3 Å². The molecule has 0 aliphatic carbocycles. The third-order valence-corrected chi connectivity index (χ3v) is 3.09. The van der Waals surface area contributed by atoms with Crippen LogP contribution in [-0.2, 0) is 4.74 Å². The zero-order chi connectivity index (χ0) is 13.7. The van der Waals surface area contributed by atoms with Gasteiger partial charge >= 0.3 is 0 Å². The Labute approximate surface area is 114 Å². The second-order valence-corrected chi connectivity index (χ2v) is 4.59. The van der Waals surface area contributed by atoms with E-state index in [-0.39, 0.29) is 6.10 Å². The van der Waals surface area contributed by atoms with E-state index < -0.39 is 0 Å². The van der Waals surface area contributed by atoms with Gasteiger partial charge in [-0.2, -0.15) is 0 Å². The minimum absolute atomic E-state index is 0.199. The molecule has 1 saturated heterocycles. The van der Waals surface area contributed by atoms with Crippen LogP contribution in [0.15, 0.2) is 6.33 Å². The molecule has 1 aromatic heterocycles. The van der Waals surface area contributed by atoms with Crippen molar-refractivity contribution in [2.45, 2.75) is 26.4 Å². The first-order valence-corrected chi connectivity index (χ1v) is 6.75. The third kappa shape index (κ3) is 3.26. The lowest BCUT2D eigenvalue weighted by atomic mass is 10.3. The highest BCUT2D eigenvalue weighted by Gasteiger charge is 2.21. The number of nitrogens with one attached hydrogen (secondary N) is 1. The molecule has 2 heterocycles. The lowest BCUT2D eigenvalue weighted by molar-refractivity contribution is 0.0820. The molecule has 0 saturated carbocycles. The number of hydrogen-bond acceptors (Lipinski definition) is 6. The Hall–Kier alpha value is -1.56. The summed E-state index contributed by atoms with van der Waals surface area (Å²) < 4.78 is 11.2. The number of rotatable bonds is 4. The maximum absolute atomic E-state index is 5.66. The van der Waals surface area contributed by atoms with Gasteiger partial charge in [0.25, 0.3) is 0 Å². The Morgan fingerprint density at radius 1 is 1.53 bits per heavy atom. The van der Waals surface area contributed by atoms with Crippen LogP contribution >= 0.6 is 0 Å². The molecule has 2 rings (SSSR count). The van der Waals surface area contributed by atoms with Crippen LogP contribution in [0.5, 0.6) is 5.75 Å². The number of hydrogen-bond donors (Lipinski definition) is 1. The zero-order valence-corrected chi connectivity index (χ0v) is 11.8. The van der Waals surface area contributed by atoms with E-state index >= 15 is 0 Å². The van der Waals surface area contributed by atoms with E-state index in [4.69, 9.17) is 9.47 Å². The van der Waals surface area contributed by atoms with Crippen molar-refractivity contribution in [3.63, 3.8) is 0 Å². The quantitative estimate of drug-likeness (QED) is 0.892. The molecule has 1 atom stereocenters. The predicted octanol–water partition coefficient (Wildman–Crippen LogP) is 1.53. The highest BCUT2D eigenvalue weighted by atomic mass is 16.5. The van der Waals surface area contributed by atoms with Crippen molar-refractivity contribution in [2.24, 2.45) is 0 Å². The first-order chi connectivity index (χ1) is 9.26. The summed E-state index contributed by atoms with van der Waals surface area (Å²) in [5.41, 5.74) is 0. The van der Waals surface area contributed by atoms with E-state index in [1.165, 1.54) is 0 Å². The molecule has 1 aliphatic heterocycles. The monoisotopic (exact) mass is 266 g/mol. The molecule has 1 aliphatic rings. The molecule has 1 N–H and O–H groups in total. The molecule has 19 heavy (non-hydrogen) atoms. The maximum Gasteiger partial charge on any atom is 0.204 e. The van der Waals surface area contributed by atoms with Gasteiger partial charge in [0, 0.05) is 26.2 Å². The summed E-state index contributed by atoms with van der Waals surface area (Å²) in [6.45, 7) is 7.44. The van der Waals surface area contributed by atoms with Crippen LogP contribution in [0.2, 0.25) is 0 Å². The van der Waals surface area contributed by atoms with E-state index in [1.807, 2.05) is 6.92 Å². The van der Waals surface area contributed by atoms with Crippen molar-refractivity contribution in [2.75, 3.05) is 43.6 Å². The van der Waals surface area contributed by atoms with Gasteiger partial charge in [-0.25, -0.2) is 9.97 Å². The van der Waals surface area contributed by atoms with Gasteiger partial charge in [0.2, 0.25) is 5.75 Å². The Morgan fingerprint density at radius 3 is 3.11 bits per heavy atom. The van der Waals surface area contributed by atoms with Crippen molar-refractivity contribution < 1.29 is 9.47 Å². The highest BCUT2D eigenvalue weighted by Crippen LogP contribution is 2.32. The average Bonchev–Trinajstić information content (AvgIpc) is 2.63. The molecule has 0 bridgehead atoms. The summed E-state index contributed by atoms with van der Waals surface area (Å²) >= 11 is 0. The van der Waals surface area contributed by atoms with Crippen LogP contribution in [0.4, 0.5) is 11.6 Å². The van der Waals surface area contributed by atoms with Crippen LogP contribution in [0, 0.1) is 0 Å². The molecule has 1 aromatic rings. The van der Waals surface area contributed by atoms with Crippen LogP contribution in [0.3, 0.4) is 0 Å². The van der Waals surface area contributed by atoms with Crippen molar-refractivity contribution in [1.29, 1.82) is 0 Å². The fourth-order valence-electron chi connectivity index (χ4n) is 2.26. The molecule has 6 nitrogen and oxygen atoms in total. The Kier molecular flexibility index (Phi) is 4.79. The summed E-state index contributed by atoms with van der Waals surface area (Å²) in [5, 5.41) is 3.20. The lowest BCUT2D eigenvalue weighted by Gasteiger charge is -2.25. The molecule has 6 heteroatoms. The first kappa shape index (κ1) is 13.9. The number of anilines is 2. The fraction of sp³-hybridized carbons (Fsp3) is 0.692. The molecule has 0 radical (unpaired) electrons. The third-order valence-electron chi connectivity index (χ3n) is 3.09. The highest BCUT2D eigenvalue weighted by molar-refractivity contribution is 5.64. The van der Waals surface area contributed by atoms with E-state index in [9.17, 15) is 0 Å². The van der Waals surface area contributed by atoms with Crippen LogP contribution in [0.25, 0.3) is 0 Å². The average molecular weight is 266 g/mol. The summed E-state index contributed by atoms with van der Waals surface area (Å²) in [5.74, 6) is 2.29. The van der Waals surface area contributed by atoms with Crippen LogP contribution in [-0.4, -0.2) is 49.4 Å². The molecule has 1 fully saturated rings. The summed E-state index contributed by atoms with van der Waals surface area (Å²) in [6, 6.07) is 0. The smallest absolute Gasteiger partial charge is 0.204 e. The molecule has 0 amide bonds. The number of aromatic nitrogens is 2. The molecular weight excluding hydrogens is 244 g/mol. The summed E-state index contributed by atoms with van der Waals surface area (Å²) in [4.78, 5) is 10.8. The topological polar surface area (TPSA) is 59.5 Å². The molecule has 0 aromatic carbocycles. The van der Waals surface area contributed by atoms with Gasteiger partial charge in [0.05, 0.1) is 13.2 Å².